The maximum Gasteiger partial charge on any atom is 0.409 e. The molecule has 0 aromatic heterocycles. The summed E-state index contributed by atoms with van der Waals surface area (Å²) in [5.41, 5.74) is 5.01. The molecule has 0 spiro atoms. The molecule has 1 fully saturated rings. The zero-order chi connectivity index (χ0) is 17.9. The summed E-state index contributed by atoms with van der Waals surface area (Å²) in [6.45, 7) is 3.22. The van der Waals surface area contributed by atoms with Gasteiger partial charge >= 0.3 is 6.09 Å². The van der Waals surface area contributed by atoms with Gasteiger partial charge in [0, 0.05) is 19.5 Å². The van der Waals surface area contributed by atoms with E-state index in [0.717, 1.165) is 19.6 Å². The van der Waals surface area contributed by atoms with Gasteiger partial charge in [-0.05, 0) is 54.1 Å². The highest BCUT2D eigenvalue weighted by molar-refractivity contribution is 5.79. The Balaban J connectivity index is 1.42. The fraction of sp³-hybridized carbons (Fsp3) is 0.409. The highest BCUT2D eigenvalue weighted by Gasteiger charge is 2.29. The Morgan fingerprint density at radius 1 is 1.12 bits per heavy atom. The summed E-state index contributed by atoms with van der Waals surface area (Å²) >= 11 is 0. The number of nitrogens with one attached hydrogen (secondary N) is 1. The first-order valence-electron chi connectivity index (χ1n) is 9.51. The van der Waals surface area contributed by atoms with Crippen molar-refractivity contribution >= 4 is 6.09 Å². The second-order valence-electron chi connectivity index (χ2n) is 7.40. The molecule has 4 rings (SSSR count). The van der Waals surface area contributed by atoms with Crippen molar-refractivity contribution < 1.29 is 9.53 Å². The summed E-state index contributed by atoms with van der Waals surface area (Å²) in [5, 5.41) is 3.40. The summed E-state index contributed by atoms with van der Waals surface area (Å²) < 4.78 is 5.71. The SMILES string of the molecule is CN(CC1CCCNC1)C(=O)OCC1c2ccccc2-c2ccccc21. The van der Waals surface area contributed by atoms with Gasteiger partial charge in [-0.1, -0.05) is 48.5 Å². The molecule has 1 aliphatic heterocycles. The molecule has 2 aromatic rings. The number of carbonyl (C=O) groups is 1. The predicted octanol–water partition coefficient (Wildman–Crippen LogP) is 3.87. The topological polar surface area (TPSA) is 41.6 Å². The van der Waals surface area contributed by atoms with Crippen molar-refractivity contribution in [3.05, 3.63) is 59.7 Å². The van der Waals surface area contributed by atoms with Gasteiger partial charge in [0.15, 0.2) is 0 Å². The van der Waals surface area contributed by atoms with Gasteiger partial charge in [-0.2, -0.15) is 0 Å². The van der Waals surface area contributed by atoms with Gasteiger partial charge in [0.05, 0.1) is 0 Å². The molecule has 4 heteroatoms. The van der Waals surface area contributed by atoms with Crippen LogP contribution in [0.4, 0.5) is 4.79 Å². The number of benzene rings is 2. The summed E-state index contributed by atoms with van der Waals surface area (Å²) in [7, 11) is 1.84. The molecule has 1 unspecified atom stereocenters. The molecule has 1 aliphatic carbocycles. The molecule has 136 valence electrons. The maximum atomic E-state index is 12.5. The third kappa shape index (κ3) is 3.34. The van der Waals surface area contributed by atoms with Crippen LogP contribution >= 0.6 is 0 Å². The minimum Gasteiger partial charge on any atom is -0.448 e. The van der Waals surface area contributed by atoms with Gasteiger partial charge in [-0.3, -0.25) is 0 Å². The second-order valence-corrected chi connectivity index (χ2v) is 7.40. The lowest BCUT2D eigenvalue weighted by atomic mass is 9.98. The van der Waals surface area contributed by atoms with E-state index in [9.17, 15) is 4.79 Å². The number of fused-ring (bicyclic) bond motifs is 3. The normalized spacial score (nSPS) is 18.9. The zero-order valence-corrected chi connectivity index (χ0v) is 15.3. The lowest BCUT2D eigenvalue weighted by Gasteiger charge is -2.27. The van der Waals surface area contributed by atoms with Crippen LogP contribution < -0.4 is 5.32 Å². The highest BCUT2D eigenvalue weighted by Crippen LogP contribution is 2.44. The lowest BCUT2D eigenvalue weighted by molar-refractivity contribution is 0.101. The third-order valence-corrected chi connectivity index (χ3v) is 5.58. The smallest absolute Gasteiger partial charge is 0.409 e. The third-order valence-electron chi connectivity index (χ3n) is 5.58. The van der Waals surface area contributed by atoms with E-state index in [1.807, 2.05) is 7.05 Å². The van der Waals surface area contributed by atoms with E-state index >= 15 is 0 Å². The average Bonchev–Trinajstić information content (AvgIpc) is 3.01. The molecule has 1 N–H and O–H groups in total. The summed E-state index contributed by atoms with van der Waals surface area (Å²) in [6.07, 6.45) is 2.13. The van der Waals surface area contributed by atoms with Crippen LogP contribution in [-0.2, 0) is 4.74 Å². The quantitative estimate of drug-likeness (QED) is 0.910. The van der Waals surface area contributed by atoms with Crippen molar-refractivity contribution in [3.8, 4) is 11.1 Å². The molecule has 0 radical (unpaired) electrons. The molecule has 2 aromatic carbocycles. The van der Waals surface area contributed by atoms with Crippen molar-refractivity contribution in [1.82, 2.24) is 10.2 Å². The monoisotopic (exact) mass is 350 g/mol. The van der Waals surface area contributed by atoms with E-state index < -0.39 is 0 Å². The Morgan fingerprint density at radius 2 is 1.77 bits per heavy atom. The van der Waals surface area contributed by atoms with Crippen LogP contribution in [0.5, 0.6) is 0 Å². The molecule has 1 atom stereocenters. The average molecular weight is 350 g/mol. The van der Waals surface area contributed by atoms with Gasteiger partial charge in [-0.15, -0.1) is 0 Å². The standard InChI is InChI=1S/C22H26N2O2/c1-24(14-16-7-6-12-23-13-16)22(25)26-15-21-19-10-4-2-8-17(19)18-9-3-5-11-20(18)21/h2-5,8-11,16,21,23H,6-7,12-15H2,1H3. The Hall–Kier alpha value is -2.33. The molecule has 4 nitrogen and oxygen atoms in total. The van der Waals surface area contributed by atoms with E-state index in [4.69, 9.17) is 4.74 Å². The van der Waals surface area contributed by atoms with Crippen LogP contribution in [0.1, 0.15) is 29.9 Å². The number of rotatable bonds is 4. The van der Waals surface area contributed by atoms with Crippen LogP contribution in [0.15, 0.2) is 48.5 Å². The largest absolute Gasteiger partial charge is 0.448 e. The summed E-state index contributed by atoms with van der Waals surface area (Å²) in [4.78, 5) is 14.2. The van der Waals surface area contributed by atoms with Crippen molar-refractivity contribution in [2.24, 2.45) is 5.92 Å². The predicted molar refractivity (Wildman–Crippen MR) is 103 cm³/mol. The van der Waals surface area contributed by atoms with Crippen LogP contribution in [0.25, 0.3) is 11.1 Å². The van der Waals surface area contributed by atoms with Crippen LogP contribution in [0.3, 0.4) is 0 Å². The summed E-state index contributed by atoms with van der Waals surface area (Å²) in [5.74, 6) is 0.644. The highest BCUT2D eigenvalue weighted by atomic mass is 16.6. The van der Waals surface area contributed by atoms with E-state index in [-0.39, 0.29) is 12.0 Å². The first kappa shape index (κ1) is 17.1. The van der Waals surface area contributed by atoms with Gasteiger partial charge in [0.1, 0.15) is 6.61 Å². The number of carbonyl (C=O) groups excluding carboxylic acids is 1. The second kappa shape index (κ2) is 7.50. The van der Waals surface area contributed by atoms with E-state index in [2.05, 4.69) is 53.8 Å². The molecular formula is C22H26N2O2. The number of ether oxygens (including phenoxy) is 1. The Morgan fingerprint density at radius 3 is 2.38 bits per heavy atom. The fourth-order valence-electron chi connectivity index (χ4n) is 4.25. The van der Waals surface area contributed by atoms with Crippen molar-refractivity contribution in [2.45, 2.75) is 18.8 Å². The zero-order valence-electron chi connectivity index (χ0n) is 15.3. The Bertz CT molecular complexity index is 738. The van der Waals surface area contributed by atoms with Crippen LogP contribution in [0, 0.1) is 5.92 Å². The van der Waals surface area contributed by atoms with Gasteiger partial charge in [0.2, 0.25) is 0 Å². The van der Waals surface area contributed by atoms with Gasteiger partial charge in [0.25, 0.3) is 0 Å². The van der Waals surface area contributed by atoms with Crippen molar-refractivity contribution in [2.75, 3.05) is 33.3 Å². The first-order valence-corrected chi connectivity index (χ1v) is 9.51. The number of hydrogen-bond acceptors (Lipinski definition) is 3. The molecule has 1 amide bonds. The maximum absolute atomic E-state index is 12.5. The number of piperidine rings is 1. The lowest BCUT2D eigenvalue weighted by Crippen LogP contribution is -2.39. The molecule has 0 saturated carbocycles. The van der Waals surface area contributed by atoms with Crippen LogP contribution in [-0.4, -0.2) is 44.3 Å². The van der Waals surface area contributed by atoms with Crippen LogP contribution in [0.2, 0.25) is 0 Å². The first-order chi connectivity index (χ1) is 12.7. The minimum absolute atomic E-state index is 0.121. The number of hydrogen-bond donors (Lipinski definition) is 1. The Labute approximate surface area is 155 Å². The van der Waals surface area contributed by atoms with Gasteiger partial charge < -0.3 is 15.0 Å². The summed E-state index contributed by atoms with van der Waals surface area (Å²) in [6, 6.07) is 16.8. The van der Waals surface area contributed by atoms with E-state index in [0.29, 0.717) is 12.5 Å². The van der Waals surface area contributed by atoms with Gasteiger partial charge in [-0.25, -0.2) is 4.79 Å². The van der Waals surface area contributed by atoms with E-state index in [1.54, 1.807) is 4.90 Å². The molecule has 1 heterocycles. The van der Waals surface area contributed by atoms with E-state index in [1.165, 1.54) is 35.1 Å². The molecule has 26 heavy (non-hydrogen) atoms. The molecular weight excluding hydrogens is 324 g/mol. The fourth-order valence-corrected chi connectivity index (χ4v) is 4.25. The molecule has 1 saturated heterocycles. The Kier molecular flexibility index (Phi) is 4.93. The van der Waals surface area contributed by atoms with Crippen molar-refractivity contribution in [1.29, 1.82) is 0 Å². The van der Waals surface area contributed by atoms with Crippen molar-refractivity contribution in [3.63, 3.8) is 0 Å². The molecule has 0 bridgehead atoms. The molecule has 2 aliphatic rings. The number of amides is 1. The number of nitrogens with zero attached hydrogens (tertiary/aromatic N) is 1. The minimum atomic E-state index is -0.225.